The number of carbonyl (C=O) groups is 1. The van der Waals surface area contributed by atoms with Gasteiger partial charge in [-0.25, -0.2) is 14.8 Å². The lowest BCUT2D eigenvalue weighted by Gasteiger charge is -2.22. The van der Waals surface area contributed by atoms with Crippen LogP contribution in [-0.4, -0.2) is 27.4 Å². The van der Waals surface area contributed by atoms with Crippen molar-refractivity contribution < 1.29 is 9.53 Å². The van der Waals surface area contributed by atoms with Gasteiger partial charge in [-0.3, -0.25) is 0 Å². The number of amides is 2. The molecule has 0 unspecified atom stereocenters. The number of hydrogen-bond donors (Lipinski definition) is 1. The van der Waals surface area contributed by atoms with Gasteiger partial charge >= 0.3 is 12.0 Å². The molecule has 6 heteroatoms. The standard InChI is InChI=1S/C21H22N4O2/c1-3-25(15-17-8-5-4-6-9-17)21(26)24-19-11-10-18(14-16(19)2)27-20-22-12-7-13-23-20/h4-14H,3,15H2,1-2H3,(H,24,26). The molecule has 3 rings (SSSR count). The highest BCUT2D eigenvalue weighted by molar-refractivity contribution is 5.90. The van der Waals surface area contributed by atoms with E-state index in [1.807, 2.05) is 56.3 Å². The van der Waals surface area contributed by atoms with Gasteiger partial charge in [0.2, 0.25) is 0 Å². The van der Waals surface area contributed by atoms with E-state index in [1.165, 1.54) is 0 Å². The number of aromatic nitrogens is 2. The summed E-state index contributed by atoms with van der Waals surface area (Å²) in [5.74, 6) is 0.619. The molecule has 0 saturated heterocycles. The molecule has 0 aliphatic heterocycles. The summed E-state index contributed by atoms with van der Waals surface area (Å²) in [6, 6.07) is 17.3. The minimum atomic E-state index is -0.135. The van der Waals surface area contributed by atoms with E-state index in [0.29, 0.717) is 18.8 Å². The Bertz CT molecular complexity index is 885. The van der Waals surface area contributed by atoms with Gasteiger partial charge in [-0.1, -0.05) is 30.3 Å². The van der Waals surface area contributed by atoms with Crippen LogP contribution in [-0.2, 0) is 6.54 Å². The van der Waals surface area contributed by atoms with Crippen LogP contribution in [0.4, 0.5) is 10.5 Å². The highest BCUT2D eigenvalue weighted by Gasteiger charge is 2.13. The third-order valence-electron chi connectivity index (χ3n) is 4.08. The summed E-state index contributed by atoms with van der Waals surface area (Å²) in [6.07, 6.45) is 3.24. The van der Waals surface area contributed by atoms with E-state index in [9.17, 15) is 4.79 Å². The van der Waals surface area contributed by atoms with Crippen molar-refractivity contribution in [1.82, 2.24) is 14.9 Å². The molecule has 0 bridgehead atoms. The predicted molar refractivity (Wildman–Crippen MR) is 105 cm³/mol. The lowest BCUT2D eigenvalue weighted by molar-refractivity contribution is 0.212. The number of anilines is 1. The van der Waals surface area contributed by atoms with Crippen LogP contribution in [0.15, 0.2) is 67.0 Å². The second-order valence-electron chi connectivity index (χ2n) is 6.04. The summed E-state index contributed by atoms with van der Waals surface area (Å²) in [6.45, 7) is 5.06. The summed E-state index contributed by atoms with van der Waals surface area (Å²) < 4.78 is 5.62. The third kappa shape index (κ3) is 5.04. The monoisotopic (exact) mass is 362 g/mol. The van der Waals surface area contributed by atoms with E-state index in [4.69, 9.17) is 4.74 Å². The molecular weight excluding hydrogens is 340 g/mol. The number of nitrogens with one attached hydrogen (secondary N) is 1. The van der Waals surface area contributed by atoms with Crippen LogP contribution in [0.1, 0.15) is 18.1 Å². The van der Waals surface area contributed by atoms with Crippen LogP contribution < -0.4 is 10.1 Å². The van der Waals surface area contributed by atoms with Crippen LogP contribution >= 0.6 is 0 Å². The lowest BCUT2D eigenvalue weighted by atomic mass is 10.2. The number of carbonyl (C=O) groups excluding carboxylic acids is 1. The van der Waals surface area contributed by atoms with Crippen LogP contribution in [0.3, 0.4) is 0 Å². The molecule has 6 nitrogen and oxygen atoms in total. The van der Waals surface area contributed by atoms with E-state index in [2.05, 4.69) is 15.3 Å². The first-order chi connectivity index (χ1) is 13.2. The van der Waals surface area contributed by atoms with Crippen molar-refractivity contribution in [3.8, 4) is 11.8 Å². The second-order valence-corrected chi connectivity index (χ2v) is 6.04. The van der Waals surface area contributed by atoms with Gasteiger partial charge in [-0.05, 0) is 49.2 Å². The van der Waals surface area contributed by atoms with Gasteiger partial charge in [0, 0.05) is 31.2 Å². The summed E-state index contributed by atoms with van der Waals surface area (Å²) >= 11 is 0. The third-order valence-corrected chi connectivity index (χ3v) is 4.08. The number of urea groups is 1. The summed E-state index contributed by atoms with van der Waals surface area (Å²) in [5.41, 5.74) is 2.73. The van der Waals surface area contributed by atoms with Crippen molar-refractivity contribution in [1.29, 1.82) is 0 Å². The van der Waals surface area contributed by atoms with Crippen LogP contribution in [0.25, 0.3) is 0 Å². The van der Waals surface area contributed by atoms with E-state index in [0.717, 1.165) is 16.8 Å². The molecule has 0 atom stereocenters. The molecule has 0 radical (unpaired) electrons. The Morgan fingerprint density at radius 1 is 1.07 bits per heavy atom. The van der Waals surface area contributed by atoms with Crippen molar-refractivity contribution in [2.24, 2.45) is 0 Å². The van der Waals surface area contributed by atoms with Crippen LogP contribution in [0.2, 0.25) is 0 Å². The first-order valence-corrected chi connectivity index (χ1v) is 8.81. The van der Waals surface area contributed by atoms with Crippen LogP contribution in [0, 0.1) is 6.92 Å². The molecule has 0 spiro atoms. The Hall–Kier alpha value is -3.41. The molecule has 0 aliphatic rings. The van der Waals surface area contributed by atoms with Gasteiger partial charge in [0.1, 0.15) is 5.75 Å². The maximum Gasteiger partial charge on any atom is 0.322 e. The highest BCUT2D eigenvalue weighted by Crippen LogP contribution is 2.24. The van der Waals surface area contributed by atoms with Gasteiger partial charge in [0.25, 0.3) is 0 Å². The minimum absolute atomic E-state index is 0.135. The van der Waals surface area contributed by atoms with Gasteiger partial charge in [0.15, 0.2) is 0 Å². The van der Waals surface area contributed by atoms with Crippen molar-refractivity contribution in [2.45, 2.75) is 20.4 Å². The van der Waals surface area contributed by atoms with Gasteiger partial charge in [0.05, 0.1) is 0 Å². The molecule has 2 aromatic carbocycles. The summed E-state index contributed by atoms with van der Waals surface area (Å²) in [4.78, 5) is 22.5. The smallest absolute Gasteiger partial charge is 0.322 e. The zero-order chi connectivity index (χ0) is 19.1. The largest absolute Gasteiger partial charge is 0.424 e. The summed E-state index contributed by atoms with van der Waals surface area (Å²) in [7, 11) is 0. The van der Waals surface area contributed by atoms with Gasteiger partial charge < -0.3 is 15.0 Å². The van der Waals surface area contributed by atoms with Crippen molar-refractivity contribution in [2.75, 3.05) is 11.9 Å². The van der Waals surface area contributed by atoms with Gasteiger partial charge in [-0.15, -0.1) is 0 Å². The van der Waals surface area contributed by atoms with Crippen molar-refractivity contribution in [3.63, 3.8) is 0 Å². The normalized spacial score (nSPS) is 10.3. The molecule has 1 aromatic heterocycles. The first-order valence-electron chi connectivity index (χ1n) is 8.81. The topological polar surface area (TPSA) is 67.4 Å². The molecule has 1 heterocycles. The maximum atomic E-state index is 12.6. The summed E-state index contributed by atoms with van der Waals surface area (Å²) in [5, 5.41) is 2.97. The fourth-order valence-electron chi connectivity index (χ4n) is 2.61. The number of benzene rings is 2. The molecular formula is C21H22N4O2. The van der Waals surface area contributed by atoms with E-state index >= 15 is 0 Å². The van der Waals surface area contributed by atoms with Crippen LogP contribution in [0.5, 0.6) is 11.8 Å². The molecule has 138 valence electrons. The highest BCUT2D eigenvalue weighted by atomic mass is 16.5. The maximum absolute atomic E-state index is 12.6. The quantitative estimate of drug-likeness (QED) is 0.694. The van der Waals surface area contributed by atoms with Crippen molar-refractivity contribution >= 4 is 11.7 Å². The molecule has 0 fully saturated rings. The Morgan fingerprint density at radius 3 is 2.48 bits per heavy atom. The molecule has 27 heavy (non-hydrogen) atoms. The molecule has 0 saturated carbocycles. The van der Waals surface area contributed by atoms with E-state index in [-0.39, 0.29) is 12.0 Å². The Balaban J connectivity index is 1.66. The molecule has 1 N–H and O–H groups in total. The fraction of sp³-hybridized carbons (Fsp3) is 0.190. The zero-order valence-corrected chi connectivity index (χ0v) is 15.4. The average molecular weight is 362 g/mol. The van der Waals surface area contributed by atoms with Crippen molar-refractivity contribution in [3.05, 3.63) is 78.1 Å². The number of hydrogen-bond acceptors (Lipinski definition) is 4. The van der Waals surface area contributed by atoms with E-state index < -0.39 is 0 Å². The zero-order valence-electron chi connectivity index (χ0n) is 15.4. The number of ether oxygens (including phenoxy) is 1. The number of nitrogens with zero attached hydrogens (tertiary/aromatic N) is 3. The first kappa shape index (κ1) is 18.4. The minimum Gasteiger partial charge on any atom is -0.424 e. The SMILES string of the molecule is CCN(Cc1ccccc1)C(=O)Nc1ccc(Oc2ncccn2)cc1C. The van der Waals surface area contributed by atoms with Gasteiger partial charge in [-0.2, -0.15) is 0 Å². The predicted octanol–water partition coefficient (Wildman–Crippen LogP) is 4.63. The Kier molecular flexibility index (Phi) is 5.99. The fourth-order valence-corrected chi connectivity index (χ4v) is 2.61. The molecule has 3 aromatic rings. The molecule has 2 amide bonds. The number of aryl methyl sites for hydroxylation is 1. The number of rotatable bonds is 6. The Morgan fingerprint density at radius 2 is 1.81 bits per heavy atom. The average Bonchev–Trinajstić information content (AvgIpc) is 2.69. The van der Waals surface area contributed by atoms with E-state index in [1.54, 1.807) is 29.4 Å². The lowest BCUT2D eigenvalue weighted by Crippen LogP contribution is -2.34. The second kappa shape index (κ2) is 8.80. The molecule has 0 aliphatic carbocycles. The Labute approximate surface area is 158 Å².